The van der Waals surface area contributed by atoms with Gasteiger partial charge in [-0.25, -0.2) is 9.18 Å². The van der Waals surface area contributed by atoms with Crippen LogP contribution >= 0.6 is 0 Å². The van der Waals surface area contributed by atoms with E-state index < -0.39 is 17.3 Å². The molecule has 1 fully saturated rings. The first kappa shape index (κ1) is 17.7. The van der Waals surface area contributed by atoms with Crippen molar-refractivity contribution >= 4 is 6.09 Å². The summed E-state index contributed by atoms with van der Waals surface area (Å²) in [6.07, 6.45) is -0.390. The van der Waals surface area contributed by atoms with E-state index in [1.807, 2.05) is 30.3 Å². The van der Waals surface area contributed by atoms with Gasteiger partial charge >= 0.3 is 6.09 Å². The Morgan fingerprint density at radius 3 is 2.54 bits per heavy atom. The number of nitrogens with zero attached hydrogens (tertiary/aromatic N) is 2. The van der Waals surface area contributed by atoms with E-state index in [0.29, 0.717) is 30.8 Å². The number of rotatable bonds is 4. The molecule has 6 heteroatoms. The van der Waals surface area contributed by atoms with Gasteiger partial charge in [0.05, 0.1) is 11.5 Å². The second kappa shape index (κ2) is 7.44. The molecule has 0 aliphatic carbocycles. The third-order valence-corrected chi connectivity index (χ3v) is 4.80. The van der Waals surface area contributed by atoms with Gasteiger partial charge in [0.15, 0.2) is 0 Å². The van der Waals surface area contributed by atoms with Gasteiger partial charge in [-0.2, -0.15) is 5.26 Å². The second-order valence-electron chi connectivity index (χ2n) is 6.38. The number of ether oxygens (including phenoxy) is 1. The molecule has 26 heavy (non-hydrogen) atoms. The molecule has 0 atom stereocenters. The van der Waals surface area contributed by atoms with E-state index in [0.717, 1.165) is 5.56 Å². The fraction of sp³-hybridized carbons (Fsp3) is 0.300. The third-order valence-electron chi connectivity index (χ3n) is 4.80. The lowest BCUT2D eigenvalue weighted by atomic mass is 9.73. The van der Waals surface area contributed by atoms with Crippen molar-refractivity contribution in [2.45, 2.75) is 24.9 Å². The van der Waals surface area contributed by atoms with Crippen LogP contribution in [0.3, 0.4) is 0 Å². The van der Waals surface area contributed by atoms with Gasteiger partial charge in [0, 0.05) is 18.7 Å². The lowest BCUT2D eigenvalue weighted by Gasteiger charge is -2.37. The summed E-state index contributed by atoms with van der Waals surface area (Å²) in [7, 11) is 0. The minimum Gasteiger partial charge on any atom is -0.489 e. The van der Waals surface area contributed by atoms with Crippen LogP contribution in [0.2, 0.25) is 0 Å². The number of carbonyl (C=O) groups is 1. The van der Waals surface area contributed by atoms with Crippen molar-refractivity contribution in [1.29, 1.82) is 5.26 Å². The molecule has 1 N–H and O–H groups in total. The van der Waals surface area contributed by atoms with Crippen LogP contribution in [0, 0.1) is 17.1 Å². The van der Waals surface area contributed by atoms with Gasteiger partial charge in [0.1, 0.15) is 18.2 Å². The minimum absolute atomic E-state index is 0.234. The Labute approximate surface area is 151 Å². The van der Waals surface area contributed by atoms with Crippen LogP contribution in [0.15, 0.2) is 48.5 Å². The Balaban J connectivity index is 1.87. The molecule has 0 radical (unpaired) electrons. The van der Waals surface area contributed by atoms with Crippen LogP contribution in [0.1, 0.15) is 24.0 Å². The number of benzene rings is 2. The highest BCUT2D eigenvalue weighted by atomic mass is 19.1. The highest BCUT2D eigenvalue weighted by Gasteiger charge is 2.40. The summed E-state index contributed by atoms with van der Waals surface area (Å²) in [4.78, 5) is 12.4. The van der Waals surface area contributed by atoms with E-state index in [2.05, 4.69) is 6.07 Å². The van der Waals surface area contributed by atoms with Gasteiger partial charge in [-0.1, -0.05) is 30.3 Å². The maximum Gasteiger partial charge on any atom is 0.407 e. The lowest BCUT2D eigenvalue weighted by molar-refractivity contribution is 0.124. The summed E-state index contributed by atoms with van der Waals surface area (Å²) >= 11 is 0. The molecule has 5 nitrogen and oxygen atoms in total. The van der Waals surface area contributed by atoms with Gasteiger partial charge in [-0.05, 0) is 36.6 Å². The third kappa shape index (κ3) is 3.62. The molecule has 0 saturated carbocycles. The number of carboxylic acid groups (broad SMARTS) is 1. The summed E-state index contributed by atoms with van der Waals surface area (Å²) in [5.41, 5.74) is 0.496. The molecule has 0 aromatic heterocycles. The molecule has 1 heterocycles. The smallest absolute Gasteiger partial charge is 0.407 e. The van der Waals surface area contributed by atoms with Crippen molar-refractivity contribution in [3.63, 3.8) is 0 Å². The standard InChI is InChI=1S/C20H19FN2O3/c21-16-6-7-18(26-13-15-4-2-1-3-5-15)17(12-16)20(14-22)8-10-23(11-9-20)19(24)25/h1-7,12H,8-11,13H2,(H,24,25). The van der Waals surface area contributed by atoms with E-state index in [9.17, 15) is 14.4 Å². The predicted octanol–water partition coefficient (Wildman–Crippen LogP) is 3.94. The van der Waals surface area contributed by atoms with Crippen molar-refractivity contribution in [2.75, 3.05) is 13.1 Å². The highest BCUT2D eigenvalue weighted by Crippen LogP contribution is 2.40. The Kier molecular flexibility index (Phi) is 5.08. The molecule has 1 aliphatic rings. The number of likely N-dealkylation sites (tertiary alicyclic amines) is 1. The number of amides is 1. The first-order chi connectivity index (χ1) is 12.5. The Bertz CT molecular complexity index is 825. The van der Waals surface area contributed by atoms with Crippen LogP contribution in [-0.2, 0) is 12.0 Å². The van der Waals surface area contributed by atoms with Crippen molar-refractivity contribution in [3.8, 4) is 11.8 Å². The number of nitriles is 1. The molecule has 1 aliphatic heterocycles. The maximum atomic E-state index is 13.9. The Morgan fingerprint density at radius 2 is 1.92 bits per heavy atom. The van der Waals surface area contributed by atoms with Crippen molar-refractivity contribution in [1.82, 2.24) is 4.90 Å². The molecule has 0 unspecified atom stereocenters. The largest absolute Gasteiger partial charge is 0.489 e. The van der Waals surface area contributed by atoms with Crippen LogP contribution in [0.25, 0.3) is 0 Å². The molecule has 1 saturated heterocycles. The molecule has 134 valence electrons. The van der Waals surface area contributed by atoms with E-state index >= 15 is 0 Å². The summed E-state index contributed by atoms with van der Waals surface area (Å²) in [5, 5.41) is 18.9. The topological polar surface area (TPSA) is 73.6 Å². The fourth-order valence-corrected chi connectivity index (χ4v) is 3.26. The molecule has 2 aromatic rings. The van der Waals surface area contributed by atoms with E-state index in [1.54, 1.807) is 0 Å². The summed E-state index contributed by atoms with van der Waals surface area (Å²) < 4.78 is 19.8. The summed E-state index contributed by atoms with van der Waals surface area (Å²) in [6.45, 7) is 0.775. The molecule has 0 spiro atoms. The Morgan fingerprint density at radius 1 is 1.23 bits per heavy atom. The number of piperidine rings is 1. The zero-order chi connectivity index (χ0) is 18.6. The lowest BCUT2D eigenvalue weighted by Crippen LogP contribution is -2.44. The predicted molar refractivity (Wildman–Crippen MR) is 93.3 cm³/mol. The normalized spacial score (nSPS) is 15.9. The van der Waals surface area contributed by atoms with Gasteiger partial charge < -0.3 is 14.7 Å². The van der Waals surface area contributed by atoms with Gasteiger partial charge in [-0.15, -0.1) is 0 Å². The minimum atomic E-state index is -1.00. The van der Waals surface area contributed by atoms with Crippen LogP contribution in [0.5, 0.6) is 5.75 Å². The van der Waals surface area contributed by atoms with Gasteiger partial charge in [0.25, 0.3) is 0 Å². The van der Waals surface area contributed by atoms with Crippen molar-refractivity contribution in [3.05, 3.63) is 65.5 Å². The number of hydrogen-bond donors (Lipinski definition) is 1. The van der Waals surface area contributed by atoms with Crippen molar-refractivity contribution < 1.29 is 19.0 Å². The molecular formula is C20H19FN2O3. The molecule has 0 bridgehead atoms. The first-order valence-electron chi connectivity index (χ1n) is 8.40. The molecule has 3 rings (SSSR count). The van der Waals surface area contributed by atoms with Gasteiger partial charge in [0.2, 0.25) is 0 Å². The summed E-state index contributed by atoms with van der Waals surface area (Å²) in [6, 6.07) is 16.0. The maximum absolute atomic E-state index is 13.9. The first-order valence-corrected chi connectivity index (χ1v) is 8.40. The van der Waals surface area contributed by atoms with Crippen LogP contribution in [-0.4, -0.2) is 29.2 Å². The second-order valence-corrected chi connectivity index (χ2v) is 6.38. The van der Waals surface area contributed by atoms with Crippen LogP contribution in [0.4, 0.5) is 9.18 Å². The number of halogens is 1. The molecule has 1 amide bonds. The van der Waals surface area contributed by atoms with Crippen LogP contribution < -0.4 is 4.74 Å². The van der Waals surface area contributed by atoms with E-state index in [-0.39, 0.29) is 13.1 Å². The molecular weight excluding hydrogens is 335 g/mol. The number of hydrogen-bond acceptors (Lipinski definition) is 3. The zero-order valence-corrected chi connectivity index (χ0v) is 14.2. The average molecular weight is 354 g/mol. The van der Waals surface area contributed by atoms with E-state index in [4.69, 9.17) is 9.84 Å². The highest BCUT2D eigenvalue weighted by molar-refractivity contribution is 5.65. The quantitative estimate of drug-likeness (QED) is 0.902. The fourth-order valence-electron chi connectivity index (χ4n) is 3.26. The van der Waals surface area contributed by atoms with Gasteiger partial charge in [-0.3, -0.25) is 0 Å². The summed E-state index contributed by atoms with van der Waals surface area (Å²) in [5.74, 6) is 0.0166. The zero-order valence-electron chi connectivity index (χ0n) is 14.2. The van der Waals surface area contributed by atoms with Crippen molar-refractivity contribution in [2.24, 2.45) is 0 Å². The van der Waals surface area contributed by atoms with E-state index in [1.165, 1.54) is 23.1 Å². The average Bonchev–Trinajstić information content (AvgIpc) is 2.67. The monoisotopic (exact) mass is 354 g/mol. The Hall–Kier alpha value is -3.07. The molecule has 2 aromatic carbocycles. The SMILES string of the molecule is N#CC1(c2cc(F)ccc2OCc2ccccc2)CCN(C(=O)O)CC1.